The molecular weight excluding hydrogens is 633 g/mol. The minimum Gasteiger partial charge on any atom is -0.493 e. The first-order valence-corrected chi connectivity index (χ1v) is 16.8. The van der Waals surface area contributed by atoms with Crippen LogP contribution in [-0.2, 0) is 11.0 Å². The van der Waals surface area contributed by atoms with E-state index in [-0.39, 0.29) is 17.5 Å². The highest BCUT2D eigenvalue weighted by Crippen LogP contribution is 2.50. The smallest absolute Gasteiger partial charge is 0.326 e. The molecule has 0 bridgehead atoms. The lowest BCUT2D eigenvalue weighted by Gasteiger charge is -2.38. The predicted octanol–water partition coefficient (Wildman–Crippen LogP) is 8.46. The molecule has 1 heterocycles. The van der Waals surface area contributed by atoms with E-state index in [0.717, 1.165) is 22.3 Å². The standard InChI is InChI=1S/C37H47Cl2N5O3/c1-10-43(23-22-42(9)34(45)41(7)8)35(46)44-32(25-12-17-28(38)18-13-25)37(6,26-14-19-29(39)20-15-26)40-33(44)30-21-16-27(36(3,4)5)24-31(30)47-11-2/h12-21,24,32H,10-11,22-23H2,1-9H3/t32-,37+/m1/s1. The van der Waals surface area contributed by atoms with Gasteiger partial charge in [-0.05, 0) is 79.3 Å². The van der Waals surface area contributed by atoms with Crippen molar-refractivity contribution in [2.24, 2.45) is 4.99 Å². The average Bonchev–Trinajstić information content (AvgIpc) is 3.34. The second-order valence-corrected chi connectivity index (χ2v) is 14.1. The molecule has 2 atom stereocenters. The molecule has 0 N–H and O–H groups in total. The normalized spacial score (nSPS) is 17.7. The molecule has 3 aromatic rings. The van der Waals surface area contributed by atoms with Gasteiger partial charge in [-0.15, -0.1) is 0 Å². The number of ether oxygens (including phenoxy) is 1. The molecule has 0 unspecified atom stereocenters. The Kier molecular flexibility index (Phi) is 11.2. The topological polar surface area (TPSA) is 68.7 Å². The molecule has 0 saturated carbocycles. The average molecular weight is 681 g/mol. The van der Waals surface area contributed by atoms with E-state index in [2.05, 4.69) is 32.9 Å². The third-order valence-electron chi connectivity index (χ3n) is 8.63. The summed E-state index contributed by atoms with van der Waals surface area (Å²) < 4.78 is 6.26. The number of carbonyl (C=O) groups is 2. The number of hydrogen-bond acceptors (Lipinski definition) is 4. The Labute approximate surface area is 289 Å². The number of halogens is 2. The highest BCUT2D eigenvalue weighted by Gasteiger charge is 2.51. The highest BCUT2D eigenvalue weighted by atomic mass is 35.5. The maximum absolute atomic E-state index is 15.0. The monoisotopic (exact) mass is 679 g/mol. The molecule has 0 aliphatic carbocycles. The van der Waals surface area contributed by atoms with Gasteiger partial charge >= 0.3 is 12.1 Å². The van der Waals surface area contributed by atoms with Crippen molar-refractivity contribution in [2.45, 2.75) is 58.5 Å². The number of urea groups is 2. The van der Waals surface area contributed by atoms with E-state index in [9.17, 15) is 9.59 Å². The molecule has 47 heavy (non-hydrogen) atoms. The van der Waals surface area contributed by atoms with Crippen molar-refractivity contribution < 1.29 is 14.3 Å². The fourth-order valence-electron chi connectivity index (χ4n) is 5.93. The van der Waals surface area contributed by atoms with E-state index in [1.54, 1.807) is 35.8 Å². The van der Waals surface area contributed by atoms with Crippen molar-refractivity contribution in [1.29, 1.82) is 0 Å². The van der Waals surface area contributed by atoms with Gasteiger partial charge in [-0.1, -0.05) is 74.3 Å². The number of likely N-dealkylation sites (N-methyl/N-ethyl adjacent to an activating group) is 2. The van der Waals surface area contributed by atoms with Gasteiger partial charge in [0.1, 0.15) is 17.1 Å². The van der Waals surface area contributed by atoms with E-state index < -0.39 is 11.6 Å². The first-order chi connectivity index (χ1) is 22.1. The van der Waals surface area contributed by atoms with Crippen LogP contribution in [0, 0.1) is 0 Å². The molecule has 0 saturated heterocycles. The fourth-order valence-corrected chi connectivity index (χ4v) is 6.18. The number of carbonyl (C=O) groups excluding carboxylic acids is 2. The number of hydrogen-bond donors (Lipinski definition) is 0. The molecule has 4 amide bonds. The Bertz CT molecular complexity index is 1600. The van der Waals surface area contributed by atoms with E-state index >= 15 is 0 Å². The molecule has 10 heteroatoms. The van der Waals surface area contributed by atoms with E-state index in [0.29, 0.717) is 47.9 Å². The highest BCUT2D eigenvalue weighted by molar-refractivity contribution is 6.30. The Balaban J connectivity index is 1.95. The molecule has 252 valence electrons. The molecule has 0 radical (unpaired) electrons. The summed E-state index contributed by atoms with van der Waals surface area (Å²) in [5.41, 5.74) is 2.58. The van der Waals surface area contributed by atoms with Crippen LogP contribution < -0.4 is 4.74 Å². The zero-order valence-corrected chi connectivity index (χ0v) is 30.5. The lowest BCUT2D eigenvalue weighted by molar-refractivity contribution is 0.147. The Morgan fingerprint density at radius 3 is 2.04 bits per heavy atom. The number of aliphatic imine (C=N–C) groups is 1. The van der Waals surface area contributed by atoms with Gasteiger partial charge in [0.15, 0.2) is 0 Å². The third kappa shape index (κ3) is 7.71. The van der Waals surface area contributed by atoms with Crippen molar-refractivity contribution in [2.75, 3.05) is 47.4 Å². The van der Waals surface area contributed by atoms with Gasteiger partial charge in [-0.3, -0.25) is 9.89 Å². The van der Waals surface area contributed by atoms with Crippen LogP contribution in [0.3, 0.4) is 0 Å². The van der Waals surface area contributed by atoms with Crippen molar-refractivity contribution in [3.05, 3.63) is 99.0 Å². The lowest BCUT2D eigenvalue weighted by atomic mass is 9.81. The fraction of sp³-hybridized carbons (Fsp3) is 0.432. The van der Waals surface area contributed by atoms with Gasteiger partial charge < -0.3 is 19.4 Å². The Hall–Kier alpha value is -3.75. The van der Waals surface area contributed by atoms with Gasteiger partial charge in [0.2, 0.25) is 0 Å². The van der Waals surface area contributed by atoms with Gasteiger partial charge in [0, 0.05) is 50.8 Å². The second kappa shape index (κ2) is 14.6. The first kappa shape index (κ1) is 36.1. The summed E-state index contributed by atoms with van der Waals surface area (Å²) >= 11 is 12.7. The molecule has 0 aromatic heterocycles. The molecular formula is C37H47Cl2N5O3. The van der Waals surface area contributed by atoms with Crippen LogP contribution in [-0.4, -0.2) is 84.9 Å². The van der Waals surface area contributed by atoms with E-state index in [1.807, 2.05) is 75.4 Å². The molecule has 4 rings (SSSR count). The molecule has 0 spiro atoms. The largest absolute Gasteiger partial charge is 0.493 e. The Morgan fingerprint density at radius 1 is 0.915 bits per heavy atom. The van der Waals surface area contributed by atoms with Gasteiger partial charge in [0.05, 0.1) is 18.2 Å². The summed E-state index contributed by atoms with van der Waals surface area (Å²) in [5.74, 6) is 1.17. The molecule has 3 aromatic carbocycles. The number of benzene rings is 3. The number of rotatable bonds is 9. The van der Waals surface area contributed by atoms with E-state index in [1.165, 1.54) is 4.90 Å². The third-order valence-corrected chi connectivity index (χ3v) is 9.14. The zero-order valence-electron chi connectivity index (χ0n) is 29.0. The summed E-state index contributed by atoms with van der Waals surface area (Å²) in [6.07, 6.45) is 0. The molecule has 8 nitrogen and oxygen atoms in total. The van der Waals surface area contributed by atoms with Crippen LogP contribution in [0.15, 0.2) is 71.7 Å². The maximum Gasteiger partial charge on any atom is 0.326 e. The van der Waals surface area contributed by atoms with Crippen LogP contribution in [0.2, 0.25) is 10.0 Å². The van der Waals surface area contributed by atoms with Crippen LogP contribution in [0.25, 0.3) is 0 Å². The number of nitrogens with zero attached hydrogens (tertiary/aromatic N) is 5. The quantitative estimate of drug-likeness (QED) is 0.228. The molecule has 0 fully saturated rings. The summed E-state index contributed by atoms with van der Waals surface area (Å²) in [6.45, 7) is 14.0. The van der Waals surface area contributed by atoms with Crippen LogP contribution >= 0.6 is 23.2 Å². The van der Waals surface area contributed by atoms with Crippen LogP contribution in [0.1, 0.15) is 69.8 Å². The summed E-state index contributed by atoms with van der Waals surface area (Å²) in [7, 11) is 5.16. The van der Waals surface area contributed by atoms with Gasteiger partial charge in [0.25, 0.3) is 0 Å². The SMILES string of the molecule is CCOc1cc(C(C)(C)C)ccc1C1=N[C@@](C)(c2ccc(Cl)cc2)[C@@H](c2ccc(Cl)cc2)N1C(=O)N(CC)CCN(C)C(=O)N(C)C. The number of amidine groups is 1. The summed E-state index contributed by atoms with van der Waals surface area (Å²) in [5, 5.41) is 1.21. The van der Waals surface area contributed by atoms with Crippen molar-refractivity contribution in [3.63, 3.8) is 0 Å². The van der Waals surface area contributed by atoms with Gasteiger partial charge in [-0.2, -0.15) is 0 Å². The number of amides is 4. The van der Waals surface area contributed by atoms with Crippen molar-refractivity contribution in [1.82, 2.24) is 19.6 Å². The minimum atomic E-state index is -0.910. The van der Waals surface area contributed by atoms with Crippen molar-refractivity contribution >= 4 is 41.1 Å². The van der Waals surface area contributed by atoms with Crippen LogP contribution in [0.4, 0.5) is 9.59 Å². The lowest BCUT2D eigenvalue weighted by Crippen LogP contribution is -2.50. The maximum atomic E-state index is 15.0. The van der Waals surface area contributed by atoms with Crippen molar-refractivity contribution in [3.8, 4) is 5.75 Å². The minimum absolute atomic E-state index is 0.115. The summed E-state index contributed by atoms with van der Waals surface area (Å²) in [4.78, 5) is 39.7. The van der Waals surface area contributed by atoms with E-state index in [4.69, 9.17) is 32.9 Å². The van der Waals surface area contributed by atoms with Gasteiger partial charge in [-0.25, -0.2) is 9.59 Å². The Morgan fingerprint density at radius 2 is 1.51 bits per heavy atom. The molecule has 1 aliphatic heterocycles. The predicted molar refractivity (Wildman–Crippen MR) is 192 cm³/mol. The first-order valence-electron chi connectivity index (χ1n) is 16.0. The van der Waals surface area contributed by atoms with Crippen LogP contribution in [0.5, 0.6) is 5.75 Å². The second-order valence-electron chi connectivity index (χ2n) is 13.3. The zero-order chi connectivity index (χ0) is 34.7. The summed E-state index contributed by atoms with van der Waals surface area (Å²) in [6, 6.07) is 20.4. The molecule has 1 aliphatic rings.